The minimum atomic E-state index is -0.114. The van der Waals surface area contributed by atoms with Crippen molar-refractivity contribution in [2.45, 2.75) is 13.8 Å². The summed E-state index contributed by atoms with van der Waals surface area (Å²) in [6.45, 7) is 10.8. The number of rotatable bonds is 9. The van der Waals surface area contributed by atoms with E-state index in [4.69, 9.17) is 0 Å². The number of hydrogen-bond donors (Lipinski definition) is 0. The number of nitrogens with zero attached hydrogens (tertiary/aromatic N) is 3. The summed E-state index contributed by atoms with van der Waals surface area (Å²) in [6, 6.07) is 16.7. The molecule has 0 aliphatic carbocycles. The van der Waals surface area contributed by atoms with E-state index in [0.717, 1.165) is 11.4 Å². The number of anilines is 1. The summed E-state index contributed by atoms with van der Waals surface area (Å²) in [7, 11) is 0. The zero-order valence-electron chi connectivity index (χ0n) is 15.7. The van der Waals surface area contributed by atoms with Crippen molar-refractivity contribution in [1.29, 1.82) is 0 Å². The van der Waals surface area contributed by atoms with Crippen molar-refractivity contribution in [3.63, 3.8) is 0 Å². The number of benzene rings is 2. The molecular weight excluding hydrogens is 338 g/mol. The van der Waals surface area contributed by atoms with Crippen LogP contribution in [0.3, 0.4) is 0 Å². The molecular formula is C22H23N3O2. The van der Waals surface area contributed by atoms with Gasteiger partial charge < -0.3 is 4.90 Å². The van der Waals surface area contributed by atoms with Gasteiger partial charge in [0.05, 0.1) is 24.5 Å². The van der Waals surface area contributed by atoms with Crippen LogP contribution in [0.25, 0.3) is 0 Å². The van der Waals surface area contributed by atoms with Gasteiger partial charge in [0.15, 0.2) is 11.6 Å². The molecule has 138 valence electrons. The van der Waals surface area contributed by atoms with Gasteiger partial charge in [0.25, 0.3) is 0 Å². The van der Waals surface area contributed by atoms with E-state index in [2.05, 4.69) is 23.4 Å². The Balaban J connectivity index is 2.18. The van der Waals surface area contributed by atoms with Crippen molar-refractivity contribution < 1.29 is 9.59 Å². The molecule has 0 aliphatic rings. The molecule has 0 unspecified atom stereocenters. The maximum Gasteiger partial charge on any atom is 0.177 e. The van der Waals surface area contributed by atoms with Gasteiger partial charge >= 0.3 is 0 Å². The van der Waals surface area contributed by atoms with E-state index >= 15 is 0 Å². The van der Waals surface area contributed by atoms with E-state index in [1.54, 1.807) is 30.9 Å². The second-order valence-corrected chi connectivity index (χ2v) is 6.32. The van der Waals surface area contributed by atoms with E-state index in [1.165, 1.54) is 0 Å². The lowest BCUT2D eigenvalue weighted by molar-refractivity contribution is -0.115. The zero-order valence-corrected chi connectivity index (χ0v) is 15.7. The van der Waals surface area contributed by atoms with Gasteiger partial charge in [-0.3, -0.25) is 9.59 Å². The molecule has 0 aromatic heterocycles. The fourth-order valence-corrected chi connectivity index (χ4v) is 2.20. The lowest BCUT2D eigenvalue weighted by atomic mass is 10.1. The number of hydrogen-bond acceptors (Lipinski definition) is 5. The smallest absolute Gasteiger partial charge is 0.177 e. The van der Waals surface area contributed by atoms with Crippen LogP contribution < -0.4 is 4.90 Å². The largest absolute Gasteiger partial charge is 0.356 e. The topological polar surface area (TPSA) is 62.1 Å². The van der Waals surface area contributed by atoms with E-state index in [1.807, 2.05) is 42.5 Å². The number of ketones is 2. The van der Waals surface area contributed by atoms with Gasteiger partial charge in [-0.25, -0.2) is 0 Å². The molecule has 5 nitrogen and oxygen atoms in total. The molecule has 0 radical (unpaired) electrons. The first kappa shape index (κ1) is 20.0. The summed E-state index contributed by atoms with van der Waals surface area (Å²) in [5.74, 6) is -0.227. The Kier molecular flexibility index (Phi) is 6.94. The van der Waals surface area contributed by atoms with Gasteiger partial charge in [0, 0.05) is 5.69 Å². The predicted octanol–water partition coefficient (Wildman–Crippen LogP) is 5.20. The van der Waals surface area contributed by atoms with Gasteiger partial charge in [-0.15, -0.1) is 0 Å². The average Bonchev–Trinajstić information content (AvgIpc) is 2.66. The standard InChI is InChI=1S/C22H23N3O2/c1-16(2)21(26)14-25(15-22(27)17(3)4)20-12-10-19(11-13-20)24-23-18-8-6-5-7-9-18/h5-13H,1,3,14-15H2,2,4H3. The normalized spacial score (nSPS) is 10.6. The van der Waals surface area contributed by atoms with E-state index in [9.17, 15) is 9.59 Å². The summed E-state index contributed by atoms with van der Waals surface area (Å²) in [5, 5.41) is 8.37. The summed E-state index contributed by atoms with van der Waals surface area (Å²) >= 11 is 0. The molecule has 0 saturated carbocycles. The molecule has 27 heavy (non-hydrogen) atoms. The maximum atomic E-state index is 12.1. The summed E-state index contributed by atoms with van der Waals surface area (Å²) in [6.07, 6.45) is 0. The van der Waals surface area contributed by atoms with Crippen LogP contribution in [0, 0.1) is 0 Å². The second kappa shape index (κ2) is 9.38. The Morgan fingerprint density at radius 2 is 1.22 bits per heavy atom. The van der Waals surface area contributed by atoms with Crippen LogP contribution in [0.15, 0.2) is 89.1 Å². The summed E-state index contributed by atoms with van der Waals surface area (Å²) < 4.78 is 0. The van der Waals surface area contributed by atoms with E-state index < -0.39 is 0 Å². The average molecular weight is 361 g/mol. The first-order chi connectivity index (χ1) is 12.9. The van der Waals surface area contributed by atoms with Crippen LogP contribution >= 0.6 is 0 Å². The van der Waals surface area contributed by atoms with Crippen LogP contribution in [0.5, 0.6) is 0 Å². The van der Waals surface area contributed by atoms with Crippen LogP contribution in [0.1, 0.15) is 13.8 Å². The number of carbonyl (C=O) groups is 2. The third-order valence-electron chi connectivity index (χ3n) is 3.87. The maximum absolute atomic E-state index is 12.1. The minimum absolute atomic E-state index is 0.0826. The number of carbonyl (C=O) groups excluding carboxylic acids is 2. The number of Topliss-reactive ketones (excluding diaryl/α,β-unsaturated/α-hetero) is 2. The van der Waals surface area contributed by atoms with Crippen molar-refractivity contribution in [1.82, 2.24) is 0 Å². The van der Waals surface area contributed by atoms with E-state index in [0.29, 0.717) is 16.8 Å². The fraction of sp³-hybridized carbons (Fsp3) is 0.182. The molecule has 0 spiro atoms. The lowest BCUT2D eigenvalue weighted by Gasteiger charge is -2.23. The molecule has 0 N–H and O–H groups in total. The predicted molar refractivity (Wildman–Crippen MR) is 109 cm³/mol. The molecule has 0 bridgehead atoms. The molecule has 0 amide bonds. The Morgan fingerprint density at radius 3 is 1.67 bits per heavy atom. The van der Waals surface area contributed by atoms with Gasteiger partial charge in [0.2, 0.25) is 0 Å². The van der Waals surface area contributed by atoms with Gasteiger partial charge in [-0.05, 0) is 61.4 Å². The third kappa shape index (κ3) is 6.15. The monoisotopic (exact) mass is 361 g/mol. The van der Waals surface area contributed by atoms with Crippen molar-refractivity contribution in [2.75, 3.05) is 18.0 Å². The Morgan fingerprint density at radius 1 is 0.778 bits per heavy atom. The summed E-state index contributed by atoms with van der Waals surface area (Å²) in [5.41, 5.74) is 3.10. The van der Waals surface area contributed by atoms with Crippen LogP contribution in [-0.4, -0.2) is 24.7 Å². The van der Waals surface area contributed by atoms with Crippen molar-refractivity contribution in [3.05, 3.63) is 78.9 Å². The van der Waals surface area contributed by atoms with Gasteiger partial charge in [0.1, 0.15) is 0 Å². The second-order valence-electron chi connectivity index (χ2n) is 6.32. The lowest BCUT2D eigenvalue weighted by Crippen LogP contribution is -2.35. The Bertz CT molecular complexity index is 840. The minimum Gasteiger partial charge on any atom is -0.356 e. The highest BCUT2D eigenvalue weighted by atomic mass is 16.1. The molecule has 0 fully saturated rings. The first-order valence-corrected chi connectivity index (χ1v) is 8.56. The van der Waals surface area contributed by atoms with Gasteiger partial charge in [-0.1, -0.05) is 31.4 Å². The zero-order chi connectivity index (χ0) is 19.8. The molecule has 2 aromatic carbocycles. The SMILES string of the molecule is C=C(C)C(=O)CN(CC(=O)C(=C)C)c1ccc(N=Nc2ccccc2)cc1. The van der Waals surface area contributed by atoms with Crippen molar-refractivity contribution in [2.24, 2.45) is 10.2 Å². The molecule has 2 rings (SSSR count). The van der Waals surface area contributed by atoms with Crippen LogP contribution in [-0.2, 0) is 9.59 Å². The molecule has 0 atom stereocenters. The van der Waals surface area contributed by atoms with Gasteiger partial charge in [-0.2, -0.15) is 10.2 Å². The van der Waals surface area contributed by atoms with Crippen molar-refractivity contribution >= 4 is 28.6 Å². The van der Waals surface area contributed by atoms with Crippen LogP contribution in [0.4, 0.5) is 17.1 Å². The highest BCUT2D eigenvalue weighted by Gasteiger charge is 2.16. The molecule has 0 heterocycles. The number of azo groups is 1. The first-order valence-electron chi connectivity index (χ1n) is 8.56. The Labute approximate surface area is 159 Å². The van der Waals surface area contributed by atoms with Crippen LogP contribution in [0.2, 0.25) is 0 Å². The molecule has 5 heteroatoms. The fourth-order valence-electron chi connectivity index (χ4n) is 2.20. The molecule has 0 saturated heterocycles. The highest BCUT2D eigenvalue weighted by Crippen LogP contribution is 2.22. The quantitative estimate of drug-likeness (QED) is 0.455. The third-order valence-corrected chi connectivity index (χ3v) is 3.87. The van der Waals surface area contributed by atoms with Crippen molar-refractivity contribution in [3.8, 4) is 0 Å². The summed E-state index contributed by atoms with van der Waals surface area (Å²) in [4.78, 5) is 25.9. The Hall–Kier alpha value is -3.34. The van der Waals surface area contributed by atoms with E-state index in [-0.39, 0.29) is 24.7 Å². The molecule has 0 aliphatic heterocycles. The highest BCUT2D eigenvalue weighted by molar-refractivity contribution is 6.01. The molecule has 2 aromatic rings.